The van der Waals surface area contributed by atoms with Gasteiger partial charge < -0.3 is 14.5 Å². The first-order valence-corrected chi connectivity index (χ1v) is 6.77. The Balaban J connectivity index is 1.82. The minimum absolute atomic E-state index is 0.280. The molecule has 1 fully saturated rings. The summed E-state index contributed by atoms with van der Waals surface area (Å²) in [7, 11) is 3.36. The van der Waals surface area contributed by atoms with E-state index in [-0.39, 0.29) is 5.76 Å². The molecule has 19 heavy (non-hydrogen) atoms. The lowest BCUT2D eigenvalue weighted by molar-refractivity contribution is 0.0560. The summed E-state index contributed by atoms with van der Waals surface area (Å²) >= 11 is 0. The van der Waals surface area contributed by atoms with Crippen molar-refractivity contribution in [1.82, 2.24) is 10.2 Å². The molecule has 5 heteroatoms. The number of ether oxygens (including phenoxy) is 1. The van der Waals surface area contributed by atoms with Gasteiger partial charge in [-0.05, 0) is 57.6 Å². The van der Waals surface area contributed by atoms with Gasteiger partial charge in [-0.25, -0.2) is 4.79 Å². The van der Waals surface area contributed by atoms with Crippen molar-refractivity contribution in [2.45, 2.75) is 19.4 Å². The Morgan fingerprint density at radius 2 is 2.21 bits per heavy atom. The Labute approximate surface area is 113 Å². The predicted molar refractivity (Wildman–Crippen MR) is 72.0 cm³/mol. The summed E-state index contributed by atoms with van der Waals surface area (Å²) in [5, 5.41) is 3.24. The molecule has 0 saturated carbocycles. The zero-order valence-corrected chi connectivity index (χ0v) is 11.6. The summed E-state index contributed by atoms with van der Waals surface area (Å²) in [6.07, 6.45) is 2.43. The molecule has 5 nitrogen and oxygen atoms in total. The smallest absolute Gasteiger partial charge is 0.373 e. The van der Waals surface area contributed by atoms with Gasteiger partial charge >= 0.3 is 5.97 Å². The molecular formula is C14H22N2O3. The Kier molecular flexibility index (Phi) is 4.99. The van der Waals surface area contributed by atoms with Crippen LogP contribution in [0.25, 0.3) is 0 Å². The van der Waals surface area contributed by atoms with Gasteiger partial charge in [-0.1, -0.05) is 0 Å². The molecule has 2 heterocycles. The van der Waals surface area contributed by atoms with Crippen LogP contribution in [0.3, 0.4) is 0 Å². The van der Waals surface area contributed by atoms with E-state index < -0.39 is 5.97 Å². The van der Waals surface area contributed by atoms with Crippen molar-refractivity contribution in [3.8, 4) is 0 Å². The summed E-state index contributed by atoms with van der Waals surface area (Å²) in [5.41, 5.74) is 0. The molecule has 0 radical (unpaired) electrons. The van der Waals surface area contributed by atoms with Crippen molar-refractivity contribution >= 4 is 5.97 Å². The zero-order chi connectivity index (χ0) is 13.7. The molecule has 0 unspecified atom stereocenters. The molecule has 1 aromatic rings. The van der Waals surface area contributed by atoms with Crippen molar-refractivity contribution < 1.29 is 13.9 Å². The van der Waals surface area contributed by atoms with Gasteiger partial charge in [-0.2, -0.15) is 0 Å². The number of nitrogens with zero attached hydrogens (tertiary/aromatic N) is 1. The number of hydrogen-bond donors (Lipinski definition) is 1. The molecule has 0 aliphatic carbocycles. The number of esters is 1. The van der Waals surface area contributed by atoms with Crippen LogP contribution in [-0.2, 0) is 11.3 Å². The highest BCUT2D eigenvalue weighted by atomic mass is 16.5. The Bertz CT molecular complexity index is 409. The van der Waals surface area contributed by atoms with E-state index in [0.29, 0.717) is 0 Å². The molecule has 106 valence electrons. The van der Waals surface area contributed by atoms with Gasteiger partial charge in [0.05, 0.1) is 13.7 Å². The van der Waals surface area contributed by atoms with E-state index in [1.165, 1.54) is 20.0 Å². The van der Waals surface area contributed by atoms with Crippen molar-refractivity contribution in [2.24, 2.45) is 5.92 Å². The van der Waals surface area contributed by atoms with Gasteiger partial charge in [-0.3, -0.25) is 4.90 Å². The van der Waals surface area contributed by atoms with E-state index in [0.717, 1.165) is 37.9 Å². The topological polar surface area (TPSA) is 54.7 Å². The second kappa shape index (κ2) is 6.73. The zero-order valence-electron chi connectivity index (χ0n) is 11.6. The molecule has 1 aliphatic heterocycles. The quantitative estimate of drug-likeness (QED) is 0.818. The third-order valence-electron chi connectivity index (χ3n) is 3.63. The number of piperidine rings is 1. The van der Waals surface area contributed by atoms with Crippen molar-refractivity contribution in [1.29, 1.82) is 0 Å². The Morgan fingerprint density at radius 3 is 2.84 bits per heavy atom. The van der Waals surface area contributed by atoms with Gasteiger partial charge in [0.25, 0.3) is 0 Å². The number of carbonyl (C=O) groups excluding carboxylic acids is 1. The summed E-state index contributed by atoms with van der Waals surface area (Å²) in [5.74, 6) is 1.47. The molecule has 0 amide bonds. The van der Waals surface area contributed by atoms with Gasteiger partial charge in [-0.15, -0.1) is 0 Å². The molecule has 1 saturated heterocycles. The highest BCUT2D eigenvalue weighted by molar-refractivity contribution is 5.86. The summed E-state index contributed by atoms with van der Waals surface area (Å²) in [6, 6.07) is 3.53. The summed E-state index contributed by atoms with van der Waals surface area (Å²) in [6.45, 7) is 4.03. The highest BCUT2D eigenvalue weighted by Crippen LogP contribution is 2.19. The predicted octanol–water partition coefficient (Wildman–Crippen LogP) is 1.50. The number of furan rings is 1. The molecule has 2 rings (SSSR count). The Morgan fingerprint density at radius 1 is 1.47 bits per heavy atom. The van der Waals surface area contributed by atoms with E-state index >= 15 is 0 Å². The molecular weight excluding hydrogens is 244 g/mol. The van der Waals surface area contributed by atoms with E-state index in [4.69, 9.17) is 4.42 Å². The number of carbonyl (C=O) groups is 1. The number of nitrogens with one attached hydrogen (secondary N) is 1. The minimum atomic E-state index is -0.418. The average molecular weight is 266 g/mol. The number of rotatable bonds is 5. The first kappa shape index (κ1) is 14.1. The lowest BCUT2D eigenvalue weighted by Crippen LogP contribution is -2.36. The first-order valence-electron chi connectivity index (χ1n) is 6.77. The first-order chi connectivity index (χ1) is 9.22. The van der Waals surface area contributed by atoms with E-state index in [2.05, 4.69) is 15.0 Å². The SMILES string of the molecule is CNCC1CCN(Cc2ccc(C(=O)OC)o2)CC1. The maximum Gasteiger partial charge on any atom is 0.373 e. The largest absolute Gasteiger partial charge is 0.463 e. The Hall–Kier alpha value is -1.33. The summed E-state index contributed by atoms with van der Waals surface area (Å²) < 4.78 is 10.1. The average Bonchev–Trinajstić information content (AvgIpc) is 2.89. The lowest BCUT2D eigenvalue weighted by atomic mass is 9.97. The van der Waals surface area contributed by atoms with Crippen molar-refractivity contribution in [3.63, 3.8) is 0 Å². The van der Waals surface area contributed by atoms with Crippen LogP contribution in [0.15, 0.2) is 16.5 Å². The van der Waals surface area contributed by atoms with E-state index in [9.17, 15) is 4.79 Å². The fourth-order valence-electron chi connectivity index (χ4n) is 2.53. The minimum Gasteiger partial charge on any atom is -0.463 e. The number of hydrogen-bond acceptors (Lipinski definition) is 5. The molecule has 0 spiro atoms. The highest BCUT2D eigenvalue weighted by Gasteiger charge is 2.20. The third kappa shape index (κ3) is 3.81. The maximum absolute atomic E-state index is 11.3. The van der Waals surface area contributed by atoms with Crippen molar-refractivity contribution in [3.05, 3.63) is 23.7 Å². The lowest BCUT2D eigenvalue weighted by Gasteiger charge is -2.31. The van der Waals surface area contributed by atoms with Crippen LogP contribution in [0.5, 0.6) is 0 Å². The molecule has 1 aromatic heterocycles. The normalized spacial score (nSPS) is 17.6. The van der Waals surface area contributed by atoms with Gasteiger partial charge in [0.1, 0.15) is 5.76 Å². The van der Waals surface area contributed by atoms with Crippen LogP contribution in [0.2, 0.25) is 0 Å². The molecule has 1 aliphatic rings. The van der Waals surface area contributed by atoms with Crippen molar-refractivity contribution in [2.75, 3.05) is 33.8 Å². The van der Waals surface area contributed by atoms with Crippen LogP contribution in [0.4, 0.5) is 0 Å². The third-order valence-corrected chi connectivity index (χ3v) is 3.63. The monoisotopic (exact) mass is 266 g/mol. The molecule has 0 atom stereocenters. The fraction of sp³-hybridized carbons (Fsp3) is 0.643. The molecule has 0 bridgehead atoms. The summed E-state index contributed by atoms with van der Waals surface area (Å²) in [4.78, 5) is 13.7. The second-order valence-electron chi connectivity index (χ2n) is 5.03. The van der Waals surface area contributed by atoms with Crippen LogP contribution in [0, 0.1) is 5.92 Å². The van der Waals surface area contributed by atoms with Gasteiger partial charge in [0.2, 0.25) is 5.76 Å². The fourth-order valence-corrected chi connectivity index (χ4v) is 2.53. The number of likely N-dealkylation sites (tertiary alicyclic amines) is 1. The van der Waals surface area contributed by atoms with Crippen LogP contribution in [0.1, 0.15) is 29.2 Å². The maximum atomic E-state index is 11.3. The van der Waals surface area contributed by atoms with Gasteiger partial charge in [0.15, 0.2) is 0 Å². The standard InChI is InChI=1S/C14H22N2O3/c1-15-9-11-5-7-16(8-6-11)10-12-3-4-13(19-12)14(17)18-2/h3-4,11,15H,5-10H2,1-2H3. The molecule has 1 N–H and O–H groups in total. The van der Waals surface area contributed by atoms with Crippen LogP contribution in [-0.4, -0.2) is 44.7 Å². The van der Waals surface area contributed by atoms with Crippen LogP contribution >= 0.6 is 0 Å². The van der Waals surface area contributed by atoms with E-state index in [1.807, 2.05) is 13.1 Å². The number of methoxy groups -OCH3 is 1. The second-order valence-corrected chi connectivity index (χ2v) is 5.03. The molecule has 0 aromatic carbocycles. The van der Waals surface area contributed by atoms with Crippen LogP contribution < -0.4 is 5.32 Å². The van der Waals surface area contributed by atoms with Gasteiger partial charge in [0, 0.05) is 0 Å². The van der Waals surface area contributed by atoms with E-state index in [1.54, 1.807) is 6.07 Å².